The van der Waals surface area contributed by atoms with Gasteiger partial charge in [-0.2, -0.15) is 13.2 Å². The van der Waals surface area contributed by atoms with E-state index in [9.17, 15) is 18.0 Å². The summed E-state index contributed by atoms with van der Waals surface area (Å²) >= 11 is 0. The lowest BCUT2D eigenvalue weighted by atomic mass is 10.1. The predicted octanol–water partition coefficient (Wildman–Crippen LogP) is 4.60. The molecule has 0 heterocycles. The van der Waals surface area contributed by atoms with Gasteiger partial charge in [0.05, 0.1) is 11.6 Å². The number of alkyl halides is 3. The fraction of sp³-hybridized carbons (Fsp3) is 0.316. The molecule has 6 heteroatoms. The number of halogens is 3. The van der Waals surface area contributed by atoms with Crippen molar-refractivity contribution >= 4 is 5.91 Å². The van der Waals surface area contributed by atoms with Gasteiger partial charge in [0.25, 0.3) is 5.91 Å². The third-order valence-corrected chi connectivity index (χ3v) is 3.83. The molecule has 134 valence electrons. The zero-order chi connectivity index (χ0) is 18.4. The Morgan fingerprint density at radius 3 is 2.52 bits per heavy atom. The second-order valence-electron chi connectivity index (χ2n) is 5.73. The van der Waals surface area contributed by atoms with Crippen molar-refractivity contribution in [1.82, 2.24) is 5.32 Å². The van der Waals surface area contributed by atoms with E-state index in [1.54, 1.807) is 12.1 Å². The molecule has 0 saturated carbocycles. The minimum absolute atomic E-state index is 0.0927. The minimum Gasteiger partial charge on any atom is -0.491 e. The van der Waals surface area contributed by atoms with Crippen LogP contribution in [0.2, 0.25) is 0 Å². The Kier molecular flexibility index (Phi) is 6.07. The molecule has 1 atom stereocenters. The zero-order valence-electron chi connectivity index (χ0n) is 14.1. The molecule has 2 rings (SSSR count). The van der Waals surface area contributed by atoms with Crippen LogP contribution in [0.3, 0.4) is 0 Å². The number of ether oxygens (including phenoxy) is 1. The fourth-order valence-corrected chi connectivity index (χ4v) is 2.31. The molecule has 0 bridgehead atoms. The van der Waals surface area contributed by atoms with Crippen molar-refractivity contribution in [3.05, 3.63) is 65.2 Å². The standard InChI is InChI=1S/C19H20F3NO2/c1-3-15(23-18(24)17-10-5-4-7-13(17)2)12-25-16-9-6-8-14(11-16)19(20,21)22/h4-11,15H,3,12H2,1-2H3,(H,23,24). The van der Waals surface area contributed by atoms with Crippen LogP contribution in [0.5, 0.6) is 5.75 Å². The van der Waals surface area contributed by atoms with Crippen molar-refractivity contribution in [3.63, 3.8) is 0 Å². The Morgan fingerprint density at radius 1 is 1.16 bits per heavy atom. The van der Waals surface area contributed by atoms with Crippen LogP contribution in [-0.4, -0.2) is 18.6 Å². The number of carbonyl (C=O) groups excluding carboxylic acids is 1. The summed E-state index contributed by atoms with van der Waals surface area (Å²) in [4.78, 5) is 12.3. The summed E-state index contributed by atoms with van der Waals surface area (Å²) in [5.74, 6) is -0.101. The molecule has 0 radical (unpaired) electrons. The predicted molar refractivity (Wildman–Crippen MR) is 89.7 cm³/mol. The maximum absolute atomic E-state index is 12.7. The molecule has 1 N–H and O–H groups in total. The Morgan fingerprint density at radius 2 is 1.88 bits per heavy atom. The molecule has 0 aromatic heterocycles. The first-order valence-corrected chi connectivity index (χ1v) is 7.97. The molecule has 0 fully saturated rings. The van der Waals surface area contributed by atoms with Gasteiger partial charge in [0.2, 0.25) is 0 Å². The van der Waals surface area contributed by atoms with E-state index < -0.39 is 11.7 Å². The van der Waals surface area contributed by atoms with Gasteiger partial charge in [-0.15, -0.1) is 0 Å². The van der Waals surface area contributed by atoms with Crippen LogP contribution in [0.25, 0.3) is 0 Å². The largest absolute Gasteiger partial charge is 0.491 e. The first-order chi connectivity index (χ1) is 11.8. The van der Waals surface area contributed by atoms with Crippen LogP contribution in [-0.2, 0) is 6.18 Å². The number of benzene rings is 2. The lowest BCUT2D eigenvalue weighted by Crippen LogP contribution is -2.38. The third-order valence-electron chi connectivity index (χ3n) is 3.83. The van der Waals surface area contributed by atoms with Crippen molar-refractivity contribution < 1.29 is 22.7 Å². The first-order valence-electron chi connectivity index (χ1n) is 7.97. The highest BCUT2D eigenvalue weighted by Gasteiger charge is 2.30. The van der Waals surface area contributed by atoms with E-state index >= 15 is 0 Å². The van der Waals surface area contributed by atoms with Crippen LogP contribution < -0.4 is 10.1 Å². The van der Waals surface area contributed by atoms with E-state index in [0.717, 1.165) is 17.7 Å². The zero-order valence-corrected chi connectivity index (χ0v) is 14.1. The molecular formula is C19H20F3NO2. The molecule has 0 aliphatic heterocycles. The summed E-state index contributed by atoms with van der Waals surface area (Å²) in [6, 6.07) is 11.6. The van der Waals surface area contributed by atoms with E-state index in [4.69, 9.17) is 4.74 Å². The SMILES string of the molecule is CCC(COc1cccc(C(F)(F)F)c1)NC(=O)c1ccccc1C. The van der Waals surface area contributed by atoms with E-state index in [1.807, 2.05) is 26.0 Å². The number of hydrogen-bond donors (Lipinski definition) is 1. The molecule has 0 aliphatic carbocycles. The van der Waals surface area contributed by atoms with Crippen molar-refractivity contribution in [1.29, 1.82) is 0 Å². The molecule has 2 aromatic rings. The maximum Gasteiger partial charge on any atom is 0.416 e. The highest BCUT2D eigenvalue weighted by Crippen LogP contribution is 2.31. The highest BCUT2D eigenvalue weighted by molar-refractivity contribution is 5.95. The van der Waals surface area contributed by atoms with E-state index in [0.29, 0.717) is 12.0 Å². The van der Waals surface area contributed by atoms with Gasteiger partial charge in [0.15, 0.2) is 0 Å². The van der Waals surface area contributed by atoms with Gasteiger partial charge in [-0.3, -0.25) is 4.79 Å². The van der Waals surface area contributed by atoms with Crippen molar-refractivity contribution in [2.24, 2.45) is 0 Å². The van der Waals surface area contributed by atoms with Crippen LogP contribution in [0.1, 0.15) is 34.8 Å². The highest BCUT2D eigenvalue weighted by atomic mass is 19.4. The summed E-state index contributed by atoms with van der Waals surface area (Å²) < 4.78 is 43.6. The lowest BCUT2D eigenvalue weighted by molar-refractivity contribution is -0.137. The molecule has 25 heavy (non-hydrogen) atoms. The van der Waals surface area contributed by atoms with Gasteiger partial charge in [-0.25, -0.2) is 0 Å². The van der Waals surface area contributed by atoms with Crippen molar-refractivity contribution in [3.8, 4) is 5.75 Å². The summed E-state index contributed by atoms with van der Waals surface area (Å²) in [5, 5.41) is 2.85. The fourth-order valence-electron chi connectivity index (χ4n) is 2.31. The van der Waals surface area contributed by atoms with Crippen LogP contribution in [0.4, 0.5) is 13.2 Å². The van der Waals surface area contributed by atoms with E-state index in [-0.39, 0.29) is 24.3 Å². The number of rotatable bonds is 6. The van der Waals surface area contributed by atoms with Crippen molar-refractivity contribution in [2.45, 2.75) is 32.5 Å². The van der Waals surface area contributed by atoms with E-state index in [1.165, 1.54) is 12.1 Å². The molecule has 2 aromatic carbocycles. The number of hydrogen-bond acceptors (Lipinski definition) is 2. The molecular weight excluding hydrogens is 331 g/mol. The quantitative estimate of drug-likeness (QED) is 0.826. The second-order valence-corrected chi connectivity index (χ2v) is 5.73. The molecule has 0 saturated heterocycles. The topological polar surface area (TPSA) is 38.3 Å². The van der Waals surface area contributed by atoms with Crippen molar-refractivity contribution in [2.75, 3.05) is 6.61 Å². The van der Waals surface area contributed by atoms with Crippen LogP contribution >= 0.6 is 0 Å². The minimum atomic E-state index is -4.41. The lowest BCUT2D eigenvalue weighted by Gasteiger charge is -2.19. The first kappa shape index (κ1) is 18.8. The van der Waals surface area contributed by atoms with Gasteiger partial charge in [0, 0.05) is 5.56 Å². The number of nitrogens with one attached hydrogen (secondary N) is 1. The number of amides is 1. The van der Waals surface area contributed by atoms with Gasteiger partial charge in [0.1, 0.15) is 12.4 Å². The van der Waals surface area contributed by atoms with Gasteiger partial charge in [-0.05, 0) is 43.2 Å². The number of aryl methyl sites for hydroxylation is 1. The second kappa shape index (κ2) is 8.05. The van der Waals surface area contributed by atoms with Gasteiger partial charge < -0.3 is 10.1 Å². The molecule has 0 aliphatic rings. The molecule has 3 nitrogen and oxygen atoms in total. The smallest absolute Gasteiger partial charge is 0.416 e. The molecule has 1 unspecified atom stereocenters. The Bertz CT molecular complexity index is 729. The summed E-state index contributed by atoms with van der Waals surface area (Å²) in [7, 11) is 0. The van der Waals surface area contributed by atoms with Gasteiger partial charge >= 0.3 is 6.18 Å². The average molecular weight is 351 g/mol. The average Bonchev–Trinajstić information content (AvgIpc) is 2.58. The van der Waals surface area contributed by atoms with Gasteiger partial charge in [-0.1, -0.05) is 31.2 Å². The monoisotopic (exact) mass is 351 g/mol. The Labute approximate surface area is 144 Å². The van der Waals surface area contributed by atoms with E-state index in [2.05, 4.69) is 5.32 Å². The van der Waals surface area contributed by atoms with Crippen LogP contribution in [0, 0.1) is 6.92 Å². The molecule has 1 amide bonds. The third kappa shape index (κ3) is 5.24. The Balaban J connectivity index is 1.99. The summed E-state index contributed by atoms with van der Waals surface area (Å²) in [5.41, 5.74) is 0.663. The Hall–Kier alpha value is -2.50. The molecule has 0 spiro atoms. The summed E-state index contributed by atoms with van der Waals surface area (Å²) in [6.45, 7) is 3.81. The summed E-state index contributed by atoms with van der Waals surface area (Å²) in [6.07, 6.45) is -3.82. The maximum atomic E-state index is 12.7. The van der Waals surface area contributed by atoms with Crippen LogP contribution in [0.15, 0.2) is 48.5 Å². The number of carbonyl (C=O) groups is 1. The normalized spacial score (nSPS) is 12.5.